The van der Waals surface area contributed by atoms with Crippen LogP contribution in [0.3, 0.4) is 0 Å². The molecule has 0 atom stereocenters. The number of halogens is 1. The van der Waals surface area contributed by atoms with Crippen molar-refractivity contribution in [3.8, 4) is 5.88 Å². The number of rotatable bonds is 3. The molecular weight excluding hydrogens is 269 g/mol. The summed E-state index contributed by atoms with van der Waals surface area (Å²) in [6, 6.07) is 5.41. The highest BCUT2D eigenvalue weighted by Crippen LogP contribution is 2.41. The van der Waals surface area contributed by atoms with Gasteiger partial charge in [0.1, 0.15) is 5.82 Å². The largest absolute Gasteiger partial charge is 0.478 e. The maximum Gasteiger partial charge on any atom is 0.213 e. The van der Waals surface area contributed by atoms with E-state index in [4.69, 9.17) is 4.74 Å². The highest BCUT2D eigenvalue weighted by Gasteiger charge is 2.39. The third-order valence-corrected chi connectivity index (χ3v) is 3.83. The van der Waals surface area contributed by atoms with Crippen LogP contribution in [0.25, 0.3) is 0 Å². The molecule has 3 rings (SSSR count). The topological polar surface area (TPSA) is 38.2 Å². The molecule has 21 heavy (non-hydrogen) atoms. The average molecular weight is 287 g/mol. The van der Waals surface area contributed by atoms with E-state index in [1.54, 1.807) is 6.20 Å². The number of nitrogens with zero attached hydrogens (tertiary/aromatic N) is 3. The molecule has 1 aliphatic rings. The molecule has 0 spiro atoms. The molecule has 1 aliphatic heterocycles. The van der Waals surface area contributed by atoms with Gasteiger partial charge in [0.05, 0.1) is 35.9 Å². The summed E-state index contributed by atoms with van der Waals surface area (Å²) in [5, 5.41) is 0. The van der Waals surface area contributed by atoms with Gasteiger partial charge in [0.15, 0.2) is 0 Å². The summed E-state index contributed by atoms with van der Waals surface area (Å²) in [6.45, 7) is 7.36. The van der Waals surface area contributed by atoms with Gasteiger partial charge >= 0.3 is 0 Å². The second-order valence-electron chi connectivity index (χ2n) is 5.60. The Labute approximate surface area is 123 Å². The normalized spacial score (nSPS) is 15.9. The Hall–Kier alpha value is -2.17. The molecule has 0 aliphatic carbocycles. The SMILES string of the molecule is CCOc1ccc2c(n1)C(C)(C)N(c1cncc(F)c1)C2. The van der Waals surface area contributed by atoms with Gasteiger partial charge in [-0.2, -0.15) is 0 Å². The van der Waals surface area contributed by atoms with Crippen LogP contribution in [-0.4, -0.2) is 16.6 Å². The van der Waals surface area contributed by atoms with E-state index in [0.29, 0.717) is 19.0 Å². The molecular formula is C16H18FN3O. The van der Waals surface area contributed by atoms with E-state index in [2.05, 4.69) is 28.7 Å². The van der Waals surface area contributed by atoms with Crippen LogP contribution >= 0.6 is 0 Å². The van der Waals surface area contributed by atoms with Crippen molar-refractivity contribution < 1.29 is 9.13 Å². The molecule has 5 heteroatoms. The zero-order chi connectivity index (χ0) is 15.0. The number of ether oxygens (including phenoxy) is 1. The van der Waals surface area contributed by atoms with Gasteiger partial charge < -0.3 is 9.64 Å². The zero-order valence-electron chi connectivity index (χ0n) is 12.4. The summed E-state index contributed by atoms with van der Waals surface area (Å²) in [6.07, 6.45) is 2.89. The lowest BCUT2D eigenvalue weighted by Gasteiger charge is -2.33. The number of aromatic nitrogens is 2. The van der Waals surface area contributed by atoms with E-state index in [0.717, 1.165) is 16.9 Å². The Morgan fingerprint density at radius 1 is 1.33 bits per heavy atom. The number of anilines is 1. The van der Waals surface area contributed by atoms with Gasteiger partial charge in [-0.1, -0.05) is 0 Å². The van der Waals surface area contributed by atoms with Crippen molar-refractivity contribution in [1.29, 1.82) is 0 Å². The first kappa shape index (κ1) is 13.8. The molecule has 0 fully saturated rings. The van der Waals surface area contributed by atoms with E-state index in [1.807, 2.05) is 19.1 Å². The van der Waals surface area contributed by atoms with Gasteiger partial charge in [0, 0.05) is 18.7 Å². The summed E-state index contributed by atoms with van der Waals surface area (Å²) in [4.78, 5) is 10.7. The van der Waals surface area contributed by atoms with E-state index in [1.165, 1.54) is 12.3 Å². The van der Waals surface area contributed by atoms with Gasteiger partial charge in [0.25, 0.3) is 0 Å². The van der Waals surface area contributed by atoms with E-state index >= 15 is 0 Å². The fraction of sp³-hybridized carbons (Fsp3) is 0.375. The Morgan fingerprint density at radius 3 is 2.86 bits per heavy atom. The van der Waals surface area contributed by atoms with Crippen LogP contribution in [0.2, 0.25) is 0 Å². The molecule has 0 aromatic carbocycles. The van der Waals surface area contributed by atoms with Gasteiger partial charge in [0.2, 0.25) is 5.88 Å². The number of hydrogen-bond acceptors (Lipinski definition) is 4. The van der Waals surface area contributed by atoms with Crippen LogP contribution in [0.5, 0.6) is 5.88 Å². The van der Waals surface area contributed by atoms with Crippen molar-refractivity contribution in [3.05, 3.63) is 47.7 Å². The quantitative estimate of drug-likeness (QED) is 0.868. The molecule has 0 saturated heterocycles. The standard InChI is InChI=1S/C16H18FN3O/c1-4-21-14-6-5-11-10-20(16(2,3)15(11)19-14)13-7-12(17)8-18-9-13/h5-9H,4,10H2,1-3H3. The van der Waals surface area contributed by atoms with Crippen LogP contribution in [0, 0.1) is 5.82 Å². The monoisotopic (exact) mass is 287 g/mol. The van der Waals surface area contributed by atoms with Gasteiger partial charge in [-0.3, -0.25) is 4.98 Å². The fourth-order valence-corrected chi connectivity index (χ4v) is 2.81. The van der Waals surface area contributed by atoms with Gasteiger partial charge in [-0.05, 0) is 32.4 Å². The highest BCUT2D eigenvalue weighted by atomic mass is 19.1. The summed E-state index contributed by atoms with van der Waals surface area (Å²) in [5.41, 5.74) is 2.53. The summed E-state index contributed by atoms with van der Waals surface area (Å²) in [7, 11) is 0. The van der Waals surface area contributed by atoms with Crippen molar-refractivity contribution in [2.45, 2.75) is 32.9 Å². The molecule has 0 saturated carbocycles. The Morgan fingerprint density at radius 2 is 2.14 bits per heavy atom. The molecule has 110 valence electrons. The van der Waals surface area contributed by atoms with E-state index < -0.39 is 0 Å². The molecule has 0 bridgehead atoms. The lowest BCUT2D eigenvalue weighted by Crippen LogP contribution is -2.36. The van der Waals surface area contributed by atoms with E-state index in [9.17, 15) is 4.39 Å². The van der Waals surface area contributed by atoms with Crippen molar-refractivity contribution in [3.63, 3.8) is 0 Å². The Bertz CT molecular complexity index is 672. The number of fused-ring (bicyclic) bond motifs is 1. The lowest BCUT2D eigenvalue weighted by atomic mass is 9.99. The number of hydrogen-bond donors (Lipinski definition) is 0. The Balaban J connectivity index is 2.01. The predicted molar refractivity (Wildman–Crippen MR) is 78.8 cm³/mol. The summed E-state index contributed by atoms with van der Waals surface area (Å²) < 4.78 is 18.9. The maximum absolute atomic E-state index is 13.4. The third kappa shape index (κ3) is 2.33. The maximum atomic E-state index is 13.4. The number of pyridine rings is 2. The smallest absolute Gasteiger partial charge is 0.213 e. The van der Waals surface area contributed by atoms with Gasteiger partial charge in [-0.25, -0.2) is 9.37 Å². The predicted octanol–water partition coefficient (Wildman–Crippen LogP) is 3.27. The summed E-state index contributed by atoms with van der Waals surface area (Å²) in [5.74, 6) is 0.297. The van der Waals surface area contributed by atoms with E-state index in [-0.39, 0.29) is 11.4 Å². The van der Waals surface area contributed by atoms with Crippen LogP contribution in [0.1, 0.15) is 32.0 Å². The highest BCUT2D eigenvalue weighted by molar-refractivity contribution is 5.54. The molecule has 2 aromatic heterocycles. The first-order valence-electron chi connectivity index (χ1n) is 7.03. The Kier molecular flexibility index (Phi) is 3.27. The molecule has 0 N–H and O–H groups in total. The molecule has 2 aromatic rings. The second kappa shape index (κ2) is 4.98. The molecule has 0 amide bonds. The van der Waals surface area contributed by atoms with Crippen LogP contribution < -0.4 is 9.64 Å². The molecule has 0 unspecified atom stereocenters. The average Bonchev–Trinajstić information content (AvgIpc) is 2.71. The van der Waals surface area contributed by atoms with Crippen molar-refractivity contribution in [2.75, 3.05) is 11.5 Å². The minimum atomic E-state index is -0.335. The minimum Gasteiger partial charge on any atom is -0.478 e. The molecule has 4 nitrogen and oxygen atoms in total. The summed E-state index contributed by atoms with van der Waals surface area (Å²) >= 11 is 0. The third-order valence-electron chi connectivity index (χ3n) is 3.83. The van der Waals surface area contributed by atoms with Gasteiger partial charge in [-0.15, -0.1) is 0 Å². The lowest BCUT2D eigenvalue weighted by molar-refractivity contribution is 0.323. The molecule has 3 heterocycles. The first-order valence-corrected chi connectivity index (χ1v) is 7.03. The minimum absolute atomic E-state index is 0.331. The first-order chi connectivity index (χ1) is 10.0. The zero-order valence-corrected chi connectivity index (χ0v) is 12.4. The molecule has 0 radical (unpaired) electrons. The van der Waals surface area contributed by atoms with Crippen molar-refractivity contribution in [2.24, 2.45) is 0 Å². The van der Waals surface area contributed by atoms with Crippen molar-refractivity contribution in [1.82, 2.24) is 9.97 Å². The van der Waals surface area contributed by atoms with Crippen LogP contribution in [0.4, 0.5) is 10.1 Å². The fourth-order valence-electron chi connectivity index (χ4n) is 2.81. The van der Waals surface area contributed by atoms with Crippen LogP contribution in [-0.2, 0) is 12.1 Å². The van der Waals surface area contributed by atoms with Crippen molar-refractivity contribution >= 4 is 5.69 Å². The second-order valence-corrected chi connectivity index (χ2v) is 5.60. The van der Waals surface area contributed by atoms with Crippen LogP contribution in [0.15, 0.2) is 30.6 Å².